The lowest BCUT2D eigenvalue weighted by molar-refractivity contribution is 0.0635. The van der Waals surface area contributed by atoms with Gasteiger partial charge in [0.2, 0.25) is 0 Å². The molecular formula is C17H17F2NO2. The second kappa shape index (κ2) is 6.32. The standard InChI is InChI=1S/C17H17F2NO2/c1-20(9-12-6-7-13(18)8-15(12)19)10-14-11-21-16-4-2-3-5-17(16)22-14/h2-8,14H,9-11H2,1H3. The largest absolute Gasteiger partial charge is 0.486 e. The molecule has 0 amide bonds. The third-order valence-electron chi connectivity index (χ3n) is 3.54. The van der Waals surface area contributed by atoms with Gasteiger partial charge in [-0.05, 0) is 25.2 Å². The molecule has 0 saturated heterocycles. The monoisotopic (exact) mass is 305 g/mol. The van der Waals surface area contributed by atoms with Crippen LogP contribution in [0, 0.1) is 11.6 Å². The summed E-state index contributed by atoms with van der Waals surface area (Å²) < 4.78 is 38.1. The van der Waals surface area contributed by atoms with E-state index in [-0.39, 0.29) is 6.10 Å². The van der Waals surface area contributed by atoms with E-state index >= 15 is 0 Å². The summed E-state index contributed by atoms with van der Waals surface area (Å²) in [6.07, 6.45) is -0.122. The normalized spacial score (nSPS) is 16.8. The van der Waals surface area contributed by atoms with E-state index in [1.165, 1.54) is 12.1 Å². The maximum absolute atomic E-state index is 13.7. The Kier molecular flexibility index (Phi) is 4.24. The van der Waals surface area contributed by atoms with Gasteiger partial charge in [-0.3, -0.25) is 4.90 Å². The van der Waals surface area contributed by atoms with Crippen LogP contribution in [0.15, 0.2) is 42.5 Å². The fourth-order valence-electron chi connectivity index (χ4n) is 2.51. The summed E-state index contributed by atoms with van der Waals surface area (Å²) in [6, 6.07) is 11.1. The van der Waals surface area contributed by atoms with E-state index in [1.807, 2.05) is 36.2 Å². The predicted molar refractivity (Wildman–Crippen MR) is 79.0 cm³/mol. The van der Waals surface area contributed by atoms with Gasteiger partial charge in [-0.25, -0.2) is 8.78 Å². The van der Waals surface area contributed by atoms with Crippen LogP contribution in [0.5, 0.6) is 11.5 Å². The molecule has 5 heteroatoms. The average molecular weight is 305 g/mol. The van der Waals surface area contributed by atoms with Gasteiger partial charge >= 0.3 is 0 Å². The molecule has 2 aromatic carbocycles. The number of hydrogen-bond donors (Lipinski definition) is 0. The molecule has 116 valence electrons. The number of ether oxygens (including phenoxy) is 2. The molecule has 0 fully saturated rings. The van der Waals surface area contributed by atoms with Gasteiger partial charge in [0.05, 0.1) is 0 Å². The smallest absolute Gasteiger partial charge is 0.161 e. The molecule has 3 nitrogen and oxygen atoms in total. The Hall–Kier alpha value is -2.14. The number of fused-ring (bicyclic) bond motifs is 1. The minimum Gasteiger partial charge on any atom is -0.486 e. The van der Waals surface area contributed by atoms with Crippen molar-refractivity contribution in [1.82, 2.24) is 4.90 Å². The maximum atomic E-state index is 13.7. The Morgan fingerprint density at radius 3 is 2.68 bits per heavy atom. The molecule has 1 atom stereocenters. The molecule has 1 aliphatic heterocycles. The van der Waals surface area contributed by atoms with Crippen molar-refractivity contribution in [3.8, 4) is 11.5 Å². The highest BCUT2D eigenvalue weighted by Crippen LogP contribution is 2.31. The second-order valence-corrected chi connectivity index (χ2v) is 5.43. The van der Waals surface area contributed by atoms with Crippen LogP contribution < -0.4 is 9.47 Å². The molecule has 0 aromatic heterocycles. The van der Waals surface area contributed by atoms with Gasteiger partial charge in [-0.1, -0.05) is 18.2 Å². The Bertz CT molecular complexity index is 663. The molecule has 2 aromatic rings. The summed E-state index contributed by atoms with van der Waals surface area (Å²) in [7, 11) is 1.87. The van der Waals surface area contributed by atoms with Crippen LogP contribution in [0.1, 0.15) is 5.56 Å². The molecular weight excluding hydrogens is 288 g/mol. The summed E-state index contributed by atoms with van der Waals surface area (Å²) in [5.74, 6) is 0.369. The van der Waals surface area contributed by atoms with Crippen molar-refractivity contribution in [2.45, 2.75) is 12.6 Å². The van der Waals surface area contributed by atoms with Crippen LogP contribution in [0.25, 0.3) is 0 Å². The van der Waals surface area contributed by atoms with E-state index in [0.29, 0.717) is 25.3 Å². The van der Waals surface area contributed by atoms with E-state index < -0.39 is 11.6 Å². The second-order valence-electron chi connectivity index (χ2n) is 5.43. The van der Waals surface area contributed by atoms with Gasteiger partial charge < -0.3 is 9.47 Å². The fourth-order valence-corrected chi connectivity index (χ4v) is 2.51. The summed E-state index contributed by atoms with van der Waals surface area (Å²) in [6.45, 7) is 1.42. The van der Waals surface area contributed by atoms with E-state index in [9.17, 15) is 8.78 Å². The van der Waals surface area contributed by atoms with Gasteiger partial charge in [0.1, 0.15) is 24.3 Å². The van der Waals surface area contributed by atoms with Crippen molar-refractivity contribution in [2.24, 2.45) is 0 Å². The van der Waals surface area contributed by atoms with Crippen LogP contribution in [-0.4, -0.2) is 31.2 Å². The van der Waals surface area contributed by atoms with Gasteiger partial charge in [0.15, 0.2) is 11.5 Å². The van der Waals surface area contributed by atoms with Gasteiger partial charge in [-0.15, -0.1) is 0 Å². The number of hydrogen-bond acceptors (Lipinski definition) is 3. The zero-order valence-corrected chi connectivity index (χ0v) is 12.3. The van der Waals surface area contributed by atoms with Crippen molar-refractivity contribution in [2.75, 3.05) is 20.2 Å². The van der Waals surface area contributed by atoms with Gasteiger partial charge in [0.25, 0.3) is 0 Å². The van der Waals surface area contributed by atoms with Crippen molar-refractivity contribution in [3.05, 3.63) is 59.7 Å². The SMILES string of the molecule is CN(Cc1ccc(F)cc1F)CC1COc2ccccc2O1. The van der Waals surface area contributed by atoms with E-state index in [0.717, 1.165) is 17.6 Å². The fraction of sp³-hybridized carbons (Fsp3) is 0.294. The highest BCUT2D eigenvalue weighted by molar-refractivity contribution is 5.40. The summed E-state index contributed by atoms with van der Waals surface area (Å²) in [5, 5.41) is 0. The van der Waals surface area contributed by atoms with Crippen LogP contribution in [-0.2, 0) is 6.54 Å². The summed E-state index contributed by atoms with van der Waals surface area (Å²) in [5.41, 5.74) is 0.459. The van der Waals surface area contributed by atoms with E-state index in [2.05, 4.69) is 0 Å². The molecule has 1 aliphatic rings. The first-order valence-electron chi connectivity index (χ1n) is 7.13. The minimum absolute atomic E-state index is 0.122. The molecule has 0 spiro atoms. The van der Waals surface area contributed by atoms with Crippen molar-refractivity contribution in [1.29, 1.82) is 0 Å². The first-order valence-corrected chi connectivity index (χ1v) is 7.13. The number of benzene rings is 2. The topological polar surface area (TPSA) is 21.7 Å². The van der Waals surface area contributed by atoms with E-state index in [1.54, 1.807) is 0 Å². The van der Waals surface area contributed by atoms with Gasteiger partial charge in [-0.2, -0.15) is 0 Å². The molecule has 3 rings (SSSR count). The summed E-state index contributed by atoms with van der Waals surface area (Å²) >= 11 is 0. The molecule has 0 bridgehead atoms. The molecule has 0 radical (unpaired) electrons. The molecule has 22 heavy (non-hydrogen) atoms. The number of halogens is 2. The third kappa shape index (κ3) is 3.36. The first-order chi connectivity index (χ1) is 10.6. The molecule has 1 unspecified atom stereocenters. The lowest BCUT2D eigenvalue weighted by atomic mass is 10.2. The third-order valence-corrected chi connectivity index (χ3v) is 3.54. The minimum atomic E-state index is -0.565. The maximum Gasteiger partial charge on any atom is 0.161 e. The predicted octanol–water partition coefficient (Wildman–Crippen LogP) is 3.24. The van der Waals surface area contributed by atoms with Crippen LogP contribution in [0.4, 0.5) is 8.78 Å². The number of nitrogens with zero attached hydrogens (tertiary/aromatic N) is 1. The zero-order valence-electron chi connectivity index (χ0n) is 12.3. The molecule has 0 N–H and O–H groups in total. The Labute approximate surface area is 128 Å². The lowest BCUT2D eigenvalue weighted by Gasteiger charge is -2.29. The number of rotatable bonds is 4. The lowest BCUT2D eigenvalue weighted by Crippen LogP contribution is -2.39. The average Bonchev–Trinajstić information content (AvgIpc) is 2.50. The van der Waals surface area contributed by atoms with E-state index in [4.69, 9.17) is 9.47 Å². The highest BCUT2D eigenvalue weighted by atomic mass is 19.1. The first kappa shape index (κ1) is 14.8. The zero-order chi connectivity index (χ0) is 15.5. The van der Waals surface area contributed by atoms with Crippen LogP contribution in [0.3, 0.4) is 0 Å². The number of para-hydroxylation sites is 2. The highest BCUT2D eigenvalue weighted by Gasteiger charge is 2.22. The number of likely N-dealkylation sites (N-methyl/N-ethyl adjacent to an activating group) is 1. The van der Waals surface area contributed by atoms with Crippen LogP contribution in [0.2, 0.25) is 0 Å². The van der Waals surface area contributed by atoms with Crippen molar-refractivity contribution >= 4 is 0 Å². The van der Waals surface area contributed by atoms with Crippen molar-refractivity contribution in [3.63, 3.8) is 0 Å². The Morgan fingerprint density at radius 1 is 1.14 bits per heavy atom. The van der Waals surface area contributed by atoms with Crippen molar-refractivity contribution < 1.29 is 18.3 Å². The quantitative estimate of drug-likeness (QED) is 0.865. The van der Waals surface area contributed by atoms with Crippen LogP contribution >= 0.6 is 0 Å². The van der Waals surface area contributed by atoms with Gasteiger partial charge in [0, 0.05) is 24.7 Å². The Balaban J connectivity index is 1.59. The molecule has 0 saturated carbocycles. The molecule has 0 aliphatic carbocycles. The molecule has 1 heterocycles. The summed E-state index contributed by atoms with van der Waals surface area (Å²) in [4.78, 5) is 1.93. The Morgan fingerprint density at radius 2 is 1.91 bits per heavy atom.